The molecule has 0 aromatic heterocycles. The van der Waals surface area contributed by atoms with Crippen LogP contribution in [0, 0.1) is 5.92 Å². The molecule has 0 bridgehead atoms. The van der Waals surface area contributed by atoms with Crippen molar-refractivity contribution >= 4 is 11.8 Å². The summed E-state index contributed by atoms with van der Waals surface area (Å²) in [4.78, 5) is 25.7. The highest BCUT2D eigenvalue weighted by Gasteiger charge is 2.26. The van der Waals surface area contributed by atoms with Crippen LogP contribution >= 0.6 is 0 Å². The highest BCUT2D eigenvalue weighted by atomic mass is 16.2. The number of nitrogens with two attached hydrogens (primary N) is 1. The van der Waals surface area contributed by atoms with Crippen LogP contribution in [0.1, 0.15) is 52.9 Å². The van der Waals surface area contributed by atoms with Crippen LogP contribution in [0.5, 0.6) is 0 Å². The van der Waals surface area contributed by atoms with Crippen molar-refractivity contribution in [1.82, 2.24) is 10.2 Å². The molecule has 1 rings (SSSR count). The zero-order valence-corrected chi connectivity index (χ0v) is 13.0. The van der Waals surface area contributed by atoms with Gasteiger partial charge in [-0.15, -0.1) is 0 Å². The second-order valence-corrected chi connectivity index (χ2v) is 6.01. The van der Waals surface area contributed by atoms with Crippen molar-refractivity contribution in [2.45, 2.75) is 65.0 Å². The summed E-state index contributed by atoms with van der Waals surface area (Å²) < 4.78 is 0. The fraction of sp³-hybridized carbons (Fsp3) is 0.867. The van der Waals surface area contributed by atoms with E-state index in [1.807, 2.05) is 18.7 Å². The molecule has 0 aromatic rings. The number of amides is 2. The summed E-state index contributed by atoms with van der Waals surface area (Å²) in [6, 6.07) is -0.239. The van der Waals surface area contributed by atoms with E-state index >= 15 is 0 Å². The fourth-order valence-electron chi connectivity index (χ4n) is 2.47. The fourth-order valence-corrected chi connectivity index (χ4v) is 2.47. The zero-order chi connectivity index (χ0) is 15.1. The molecular formula is C15H29N3O2. The first-order chi connectivity index (χ1) is 9.45. The topological polar surface area (TPSA) is 75.4 Å². The number of rotatable bonds is 6. The monoisotopic (exact) mass is 283 g/mol. The van der Waals surface area contributed by atoms with Crippen LogP contribution in [-0.4, -0.2) is 41.9 Å². The lowest BCUT2D eigenvalue weighted by Crippen LogP contribution is -2.51. The normalized spacial score (nSPS) is 18.1. The SMILES string of the molecule is CCCC[C@H](N)C(=O)NC1CCN(C(=O)C(C)C)CC1. The summed E-state index contributed by atoms with van der Waals surface area (Å²) in [5.41, 5.74) is 5.86. The maximum Gasteiger partial charge on any atom is 0.237 e. The van der Waals surface area contributed by atoms with Crippen LogP contribution in [0.25, 0.3) is 0 Å². The third-order valence-corrected chi connectivity index (χ3v) is 3.85. The minimum absolute atomic E-state index is 0.0450. The van der Waals surface area contributed by atoms with E-state index in [1.54, 1.807) is 0 Å². The van der Waals surface area contributed by atoms with Gasteiger partial charge in [0, 0.05) is 25.0 Å². The molecular weight excluding hydrogens is 254 g/mol. The number of carbonyl (C=O) groups is 2. The minimum atomic E-state index is -0.398. The summed E-state index contributed by atoms with van der Waals surface area (Å²) in [5, 5.41) is 3.01. The Balaban J connectivity index is 2.31. The lowest BCUT2D eigenvalue weighted by molar-refractivity contribution is -0.135. The lowest BCUT2D eigenvalue weighted by atomic mass is 10.0. The molecule has 1 saturated heterocycles. The van der Waals surface area contributed by atoms with Crippen molar-refractivity contribution in [1.29, 1.82) is 0 Å². The molecule has 3 N–H and O–H groups in total. The number of nitrogens with zero attached hydrogens (tertiary/aromatic N) is 1. The average molecular weight is 283 g/mol. The number of nitrogens with one attached hydrogen (secondary N) is 1. The van der Waals surface area contributed by atoms with Crippen LogP contribution in [0.15, 0.2) is 0 Å². The summed E-state index contributed by atoms with van der Waals surface area (Å²) in [7, 11) is 0. The Morgan fingerprint density at radius 1 is 1.30 bits per heavy atom. The second kappa shape index (κ2) is 8.25. The minimum Gasteiger partial charge on any atom is -0.352 e. The van der Waals surface area contributed by atoms with Gasteiger partial charge in [-0.1, -0.05) is 33.6 Å². The smallest absolute Gasteiger partial charge is 0.237 e. The van der Waals surface area contributed by atoms with Crippen molar-refractivity contribution in [2.75, 3.05) is 13.1 Å². The van der Waals surface area contributed by atoms with Gasteiger partial charge in [-0.05, 0) is 19.3 Å². The molecule has 0 radical (unpaired) electrons. The summed E-state index contributed by atoms with van der Waals surface area (Å²) in [6.45, 7) is 7.39. The first kappa shape index (κ1) is 17.0. The van der Waals surface area contributed by atoms with Crippen molar-refractivity contribution < 1.29 is 9.59 Å². The molecule has 0 unspecified atom stereocenters. The van der Waals surface area contributed by atoms with Crippen LogP contribution in [0.2, 0.25) is 0 Å². The van der Waals surface area contributed by atoms with Gasteiger partial charge in [0.2, 0.25) is 11.8 Å². The molecule has 1 heterocycles. The van der Waals surface area contributed by atoms with Gasteiger partial charge in [-0.25, -0.2) is 0 Å². The predicted octanol–water partition coefficient (Wildman–Crippen LogP) is 1.27. The van der Waals surface area contributed by atoms with E-state index in [0.29, 0.717) is 0 Å². The first-order valence-corrected chi connectivity index (χ1v) is 7.80. The van der Waals surface area contributed by atoms with Gasteiger partial charge in [0.05, 0.1) is 6.04 Å². The van der Waals surface area contributed by atoms with Gasteiger partial charge < -0.3 is 16.0 Å². The Bertz CT molecular complexity index is 323. The number of carbonyl (C=O) groups excluding carboxylic acids is 2. The lowest BCUT2D eigenvalue weighted by Gasteiger charge is -2.33. The van der Waals surface area contributed by atoms with Crippen molar-refractivity contribution in [3.63, 3.8) is 0 Å². The van der Waals surface area contributed by atoms with E-state index in [0.717, 1.165) is 45.2 Å². The van der Waals surface area contributed by atoms with E-state index in [9.17, 15) is 9.59 Å². The standard InChI is InChI=1S/C15H29N3O2/c1-4-5-6-13(16)14(19)17-12-7-9-18(10-8-12)15(20)11(2)3/h11-13H,4-10,16H2,1-3H3,(H,17,19)/t13-/m0/s1. The molecule has 0 aromatic carbocycles. The summed E-state index contributed by atoms with van der Waals surface area (Å²) >= 11 is 0. The highest BCUT2D eigenvalue weighted by Crippen LogP contribution is 2.13. The number of hydrogen-bond donors (Lipinski definition) is 2. The Labute approximate surface area is 122 Å². The number of hydrogen-bond acceptors (Lipinski definition) is 3. The third kappa shape index (κ3) is 5.12. The van der Waals surface area contributed by atoms with E-state index in [2.05, 4.69) is 12.2 Å². The molecule has 1 aliphatic rings. The van der Waals surface area contributed by atoms with Gasteiger partial charge in [-0.3, -0.25) is 9.59 Å². The second-order valence-electron chi connectivity index (χ2n) is 6.01. The first-order valence-electron chi connectivity index (χ1n) is 7.80. The number of unbranched alkanes of at least 4 members (excludes halogenated alkanes) is 1. The van der Waals surface area contributed by atoms with Crippen molar-refractivity contribution in [3.05, 3.63) is 0 Å². The van der Waals surface area contributed by atoms with Gasteiger partial charge in [0.1, 0.15) is 0 Å². The zero-order valence-electron chi connectivity index (χ0n) is 13.0. The largest absolute Gasteiger partial charge is 0.352 e. The molecule has 1 atom stereocenters. The van der Waals surface area contributed by atoms with Crippen LogP contribution in [0.3, 0.4) is 0 Å². The summed E-state index contributed by atoms with van der Waals surface area (Å²) in [6.07, 6.45) is 4.43. The maximum absolute atomic E-state index is 11.9. The Morgan fingerprint density at radius 2 is 1.90 bits per heavy atom. The maximum atomic E-state index is 11.9. The summed E-state index contributed by atoms with van der Waals surface area (Å²) in [5.74, 6) is 0.199. The van der Waals surface area contributed by atoms with Gasteiger partial charge in [0.25, 0.3) is 0 Å². The Morgan fingerprint density at radius 3 is 2.40 bits per heavy atom. The molecule has 1 fully saturated rings. The van der Waals surface area contributed by atoms with Gasteiger partial charge >= 0.3 is 0 Å². The predicted molar refractivity (Wildman–Crippen MR) is 80.1 cm³/mol. The molecule has 20 heavy (non-hydrogen) atoms. The molecule has 0 spiro atoms. The molecule has 5 heteroatoms. The molecule has 5 nitrogen and oxygen atoms in total. The van der Waals surface area contributed by atoms with Crippen LogP contribution in [-0.2, 0) is 9.59 Å². The van der Waals surface area contributed by atoms with Crippen LogP contribution < -0.4 is 11.1 Å². The Hall–Kier alpha value is -1.10. The third-order valence-electron chi connectivity index (χ3n) is 3.85. The van der Waals surface area contributed by atoms with E-state index in [4.69, 9.17) is 5.73 Å². The number of piperidine rings is 1. The average Bonchev–Trinajstić information content (AvgIpc) is 2.44. The quantitative estimate of drug-likeness (QED) is 0.770. The van der Waals surface area contributed by atoms with Crippen LogP contribution in [0.4, 0.5) is 0 Å². The van der Waals surface area contributed by atoms with Crippen molar-refractivity contribution in [2.24, 2.45) is 11.7 Å². The number of likely N-dealkylation sites (tertiary alicyclic amines) is 1. The molecule has 116 valence electrons. The van der Waals surface area contributed by atoms with E-state index in [-0.39, 0.29) is 23.8 Å². The van der Waals surface area contributed by atoms with Crippen molar-refractivity contribution in [3.8, 4) is 0 Å². The molecule has 1 aliphatic heterocycles. The molecule has 0 aliphatic carbocycles. The molecule has 2 amide bonds. The highest BCUT2D eigenvalue weighted by molar-refractivity contribution is 5.82. The van der Waals surface area contributed by atoms with Gasteiger partial charge in [0.15, 0.2) is 0 Å². The van der Waals surface area contributed by atoms with Gasteiger partial charge in [-0.2, -0.15) is 0 Å². The van der Waals surface area contributed by atoms with E-state index in [1.165, 1.54) is 0 Å². The molecule has 0 saturated carbocycles. The van der Waals surface area contributed by atoms with E-state index < -0.39 is 6.04 Å². The Kier molecular flexibility index (Phi) is 6.99.